The average Bonchev–Trinajstić information content (AvgIpc) is 3.10. The SMILES string of the molecule is O=C1c2ccccc2CCN1CCN1CC[C@H](Oc2ccccn2)C1. The summed E-state index contributed by atoms with van der Waals surface area (Å²) in [6, 6.07) is 13.7. The molecule has 5 heteroatoms. The van der Waals surface area contributed by atoms with Crippen LogP contribution in [0.4, 0.5) is 0 Å². The maximum absolute atomic E-state index is 12.6. The van der Waals surface area contributed by atoms with Gasteiger partial charge in [-0.25, -0.2) is 4.98 Å². The molecule has 1 amide bonds. The molecule has 1 fully saturated rings. The molecular formula is C20H23N3O2. The first-order valence-electron chi connectivity index (χ1n) is 8.97. The summed E-state index contributed by atoms with van der Waals surface area (Å²) in [6.45, 7) is 4.41. The Bertz CT molecular complexity index is 735. The van der Waals surface area contributed by atoms with E-state index in [2.05, 4.69) is 16.0 Å². The Labute approximate surface area is 148 Å². The van der Waals surface area contributed by atoms with Gasteiger partial charge in [0.2, 0.25) is 5.88 Å². The number of aromatic nitrogens is 1. The second-order valence-electron chi connectivity index (χ2n) is 6.70. The Morgan fingerprint density at radius 1 is 1.08 bits per heavy atom. The predicted octanol–water partition coefficient (Wildman–Crippen LogP) is 2.23. The van der Waals surface area contributed by atoms with E-state index in [4.69, 9.17) is 4.74 Å². The van der Waals surface area contributed by atoms with Crippen LogP contribution in [0.25, 0.3) is 0 Å². The molecule has 5 nitrogen and oxygen atoms in total. The van der Waals surface area contributed by atoms with Crippen LogP contribution in [-0.2, 0) is 6.42 Å². The van der Waals surface area contributed by atoms with Gasteiger partial charge in [0.25, 0.3) is 5.91 Å². The molecule has 1 saturated heterocycles. The molecule has 0 saturated carbocycles. The van der Waals surface area contributed by atoms with Crippen LogP contribution in [-0.4, -0.2) is 59.5 Å². The fourth-order valence-corrected chi connectivity index (χ4v) is 3.63. The van der Waals surface area contributed by atoms with Gasteiger partial charge in [-0.05, 0) is 30.5 Å². The first-order chi connectivity index (χ1) is 12.3. The van der Waals surface area contributed by atoms with Gasteiger partial charge in [0.1, 0.15) is 6.10 Å². The summed E-state index contributed by atoms with van der Waals surface area (Å²) < 4.78 is 5.93. The monoisotopic (exact) mass is 337 g/mol. The lowest BCUT2D eigenvalue weighted by Gasteiger charge is -2.30. The van der Waals surface area contributed by atoms with Crippen LogP contribution in [0, 0.1) is 0 Å². The van der Waals surface area contributed by atoms with Crippen LogP contribution in [0.2, 0.25) is 0 Å². The average molecular weight is 337 g/mol. The molecule has 4 rings (SSSR count). The molecule has 1 atom stereocenters. The summed E-state index contributed by atoms with van der Waals surface area (Å²) in [7, 11) is 0. The van der Waals surface area contributed by atoms with Crippen LogP contribution in [0.5, 0.6) is 5.88 Å². The van der Waals surface area contributed by atoms with Gasteiger partial charge in [-0.1, -0.05) is 24.3 Å². The largest absolute Gasteiger partial charge is 0.473 e. The van der Waals surface area contributed by atoms with Gasteiger partial charge in [-0.15, -0.1) is 0 Å². The van der Waals surface area contributed by atoms with E-state index >= 15 is 0 Å². The highest BCUT2D eigenvalue weighted by molar-refractivity contribution is 5.96. The summed E-state index contributed by atoms with van der Waals surface area (Å²) in [4.78, 5) is 21.2. The number of fused-ring (bicyclic) bond motifs is 1. The highest BCUT2D eigenvalue weighted by atomic mass is 16.5. The summed E-state index contributed by atoms with van der Waals surface area (Å²) in [5.74, 6) is 0.861. The lowest BCUT2D eigenvalue weighted by Crippen LogP contribution is -2.42. The Balaban J connectivity index is 1.28. The molecule has 1 aromatic heterocycles. The van der Waals surface area contributed by atoms with Crippen LogP contribution < -0.4 is 4.74 Å². The molecule has 2 aromatic rings. The van der Waals surface area contributed by atoms with Crippen molar-refractivity contribution in [2.75, 3.05) is 32.7 Å². The third-order valence-electron chi connectivity index (χ3n) is 5.03. The minimum atomic E-state index is 0.169. The summed E-state index contributed by atoms with van der Waals surface area (Å²) in [6.07, 6.45) is 3.90. The number of hydrogen-bond acceptors (Lipinski definition) is 4. The van der Waals surface area contributed by atoms with Crippen LogP contribution in [0.3, 0.4) is 0 Å². The Morgan fingerprint density at radius 3 is 2.84 bits per heavy atom. The van der Waals surface area contributed by atoms with Crippen molar-refractivity contribution in [2.24, 2.45) is 0 Å². The van der Waals surface area contributed by atoms with E-state index in [0.717, 1.165) is 51.1 Å². The Kier molecular flexibility index (Phi) is 4.65. The first-order valence-corrected chi connectivity index (χ1v) is 8.97. The van der Waals surface area contributed by atoms with Gasteiger partial charge in [-0.3, -0.25) is 9.69 Å². The van der Waals surface area contributed by atoms with E-state index in [1.165, 1.54) is 5.56 Å². The van der Waals surface area contributed by atoms with Gasteiger partial charge in [0.15, 0.2) is 0 Å². The molecule has 0 radical (unpaired) electrons. The van der Waals surface area contributed by atoms with Crippen molar-refractivity contribution < 1.29 is 9.53 Å². The molecule has 0 unspecified atom stereocenters. The van der Waals surface area contributed by atoms with Crippen molar-refractivity contribution in [3.05, 3.63) is 59.8 Å². The molecule has 0 bridgehead atoms. The zero-order valence-electron chi connectivity index (χ0n) is 14.3. The van der Waals surface area contributed by atoms with Crippen LogP contribution in [0.15, 0.2) is 48.7 Å². The number of amides is 1. The van der Waals surface area contributed by atoms with Crippen molar-refractivity contribution in [1.82, 2.24) is 14.8 Å². The number of carbonyl (C=O) groups is 1. The smallest absolute Gasteiger partial charge is 0.254 e. The number of hydrogen-bond donors (Lipinski definition) is 0. The number of nitrogens with zero attached hydrogens (tertiary/aromatic N) is 3. The number of likely N-dealkylation sites (tertiary alicyclic amines) is 1. The van der Waals surface area contributed by atoms with Gasteiger partial charge in [-0.2, -0.15) is 0 Å². The molecular weight excluding hydrogens is 314 g/mol. The predicted molar refractivity (Wildman–Crippen MR) is 95.8 cm³/mol. The minimum absolute atomic E-state index is 0.169. The fraction of sp³-hybridized carbons (Fsp3) is 0.400. The van der Waals surface area contributed by atoms with Crippen molar-refractivity contribution >= 4 is 5.91 Å². The number of rotatable bonds is 5. The summed E-state index contributed by atoms with van der Waals surface area (Å²) in [5, 5.41) is 0. The van der Waals surface area contributed by atoms with Crippen molar-refractivity contribution in [3.63, 3.8) is 0 Å². The van der Waals surface area contributed by atoms with Gasteiger partial charge in [0.05, 0.1) is 0 Å². The van der Waals surface area contributed by atoms with E-state index in [9.17, 15) is 4.79 Å². The number of ether oxygens (including phenoxy) is 1. The first kappa shape index (κ1) is 16.1. The normalized spacial score (nSPS) is 20.6. The summed E-state index contributed by atoms with van der Waals surface area (Å²) >= 11 is 0. The van der Waals surface area contributed by atoms with Crippen LogP contribution >= 0.6 is 0 Å². The molecule has 1 aromatic carbocycles. The fourth-order valence-electron chi connectivity index (χ4n) is 3.63. The third kappa shape index (κ3) is 3.66. The molecule has 2 aliphatic rings. The number of pyridine rings is 1. The maximum Gasteiger partial charge on any atom is 0.254 e. The lowest BCUT2D eigenvalue weighted by atomic mass is 9.99. The molecule has 130 valence electrons. The highest BCUT2D eigenvalue weighted by Gasteiger charge is 2.27. The number of benzene rings is 1. The van der Waals surface area contributed by atoms with Crippen molar-refractivity contribution in [2.45, 2.75) is 18.9 Å². The molecule has 25 heavy (non-hydrogen) atoms. The van der Waals surface area contributed by atoms with E-state index in [1.807, 2.05) is 41.3 Å². The molecule has 3 heterocycles. The number of carbonyl (C=O) groups excluding carboxylic acids is 1. The van der Waals surface area contributed by atoms with Gasteiger partial charge in [0, 0.05) is 50.6 Å². The zero-order chi connectivity index (χ0) is 17.1. The van der Waals surface area contributed by atoms with Gasteiger partial charge >= 0.3 is 0 Å². The van der Waals surface area contributed by atoms with Crippen LogP contribution in [0.1, 0.15) is 22.3 Å². The Hall–Kier alpha value is -2.40. The topological polar surface area (TPSA) is 45.7 Å². The van der Waals surface area contributed by atoms with Crippen molar-refractivity contribution in [3.8, 4) is 5.88 Å². The van der Waals surface area contributed by atoms with Gasteiger partial charge < -0.3 is 9.64 Å². The quantitative estimate of drug-likeness (QED) is 0.839. The van der Waals surface area contributed by atoms with E-state index in [-0.39, 0.29) is 12.0 Å². The van der Waals surface area contributed by atoms with Crippen molar-refractivity contribution in [1.29, 1.82) is 0 Å². The standard InChI is InChI=1S/C20H23N3O2/c24-20-18-6-2-1-5-16(18)8-12-23(20)14-13-22-11-9-17(15-22)25-19-7-3-4-10-21-19/h1-7,10,17H,8-9,11-15H2/t17-/m0/s1. The molecule has 0 N–H and O–H groups in total. The molecule has 0 spiro atoms. The highest BCUT2D eigenvalue weighted by Crippen LogP contribution is 2.19. The minimum Gasteiger partial charge on any atom is -0.473 e. The summed E-state index contributed by atoms with van der Waals surface area (Å²) in [5.41, 5.74) is 2.04. The Morgan fingerprint density at radius 2 is 1.96 bits per heavy atom. The zero-order valence-corrected chi connectivity index (χ0v) is 14.3. The van der Waals surface area contributed by atoms with E-state index in [0.29, 0.717) is 5.88 Å². The molecule has 2 aliphatic heterocycles. The second-order valence-corrected chi connectivity index (χ2v) is 6.70. The lowest BCUT2D eigenvalue weighted by molar-refractivity contribution is 0.0721. The molecule has 0 aliphatic carbocycles. The van der Waals surface area contributed by atoms with E-state index in [1.54, 1.807) is 6.20 Å². The van der Waals surface area contributed by atoms with E-state index < -0.39 is 0 Å². The second kappa shape index (κ2) is 7.23. The third-order valence-corrected chi connectivity index (χ3v) is 5.03. The maximum atomic E-state index is 12.6.